The first kappa shape index (κ1) is 18.7. The quantitative estimate of drug-likeness (QED) is 0.902. The summed E-state index contributed by atoms with van der Waals surface area (Å²) in [6.07, 6.45) is 3.47. The van der Waals surface area contributed by atoms with E-state index in [-0.39, 0.29) is 24.1 Å². The number of ether oxygens (including phenoxy) is 1. The largest absolute Gasteiger partial charge is 0.372 e. The lowest BCUT2D eigenvalue weighted by atomic mass is 10.1. The van der Waals surface area contributed by atoms with Crippen LogP contribution in [0.4, 0.5) is 4.79 Å². The number of hydrogen-bond acceptors (Lipinski definition) is 3. The minimum Gasteiger partial charge on any atom is -0.372 e. The van der Waals surface area contributed by atoms with Crippen molar-refractivity contribution in [2.75, 3.05) is 26.2 Å². The Morgan fingerprint density at radius 2 is 1.77 bits per heavy atom. The molecule has 2 fully saturated rings. The molecular weight excluding hydrogens is 330 g/mol. The van der Waals surface area contributed by atoms with Crippen molar-refractivity contribution in [3.05, 3.63) is 35.4 Å². The summed E-state index contributed by atoms with van der Waals surface area (Å²) < 4.78 is 5.67. The fourth-order valence-corrected chi connectivity index (χ4v) is 3.73. The monoisotopic (exact) mass is 359 g/mol. The zero-order valence-electron chi connectivity index (χ0n) is 15.7. The molecule has 6 heteroatoms. The predicted molar refractivity (Wildman–Crippen MR) is 100 cm³/mol. The summed E-state index contributed by atoms with van der Waals surface area (Å²) in [7, 11) is 0. The lowest BCUT2D eigenvalue weighted by Crippen LogP contribution is -2.51. The first-order valence-electron chi connectivity index (χ1n) is 9.59. The number of benzene rings is 1. The Bertz CT molecular complexity index is 633. The molecular formula is C20H29N3O3. The molecule has 2 saturated heterocycles. The van der Waals surface area contributed by atoms with Crippen LogP contribution >= 0.6 is 0 Å². The molecule has 0 radical (unpaired) electrons. The van der Waals surface area contributed by atoms with E-state index < -0.39 is 0 Å². The molecule has 1 N–H and O–H groups in total. The van der Waals surface area contributed by atoms with Gasteiger partial charge in [-0.05, 0) is 50.8 Å². The highest BCUT2D eigenvalue weighted by molar-refractivity contribution is 5.94. The minimum absolute atomic E-state index is 0.0509. The second-order valence-electron chi connectivity index (χ2n) is 7.37. The van der Waals surface area contributed by atoms with Gasteiger partial charge in [-0.25, -0.2) is 4.79 Å². The number of amides is 3. The molecule has 0 aliphatic carbocycles. The lowest BCUT2D eigenvalue weighted by molar-refractivity contribution is -0.0545. The Labute approximate surface area is 155 Å². The number of carbonyl (C=O) groups excluding carboxylic acids is 2. The molecule has 6 nitrogen and oxygen atoms in total. The summed E-state index contributed by atoms with van der Waals surface area (Å²) in [4.78, 5) is 28.8. The van der Waals surface area contributed by atoms with Crippen molar-refractivity contribution in [1.29, 1.82) is 0 Å². The molecule has 2 heterocycles. The van der Waals surface area contributed by atoms with Gasteiger partial charge in [0.05, 0.1) is 12.2 Å². The fraction of sp³-hybridized carbons (Fsp3) is 0.600. The van der Waals surface area contributed by atoms with Crippen molar-refractivity contribution >= 4 is 11.9 Å². The predicted octanol–water partition coefficient (Wildman–Crippen LogP) is 2.63. The number of hydrogen-bond donors (Lipinski definition) is 1. The second kappa shape index (κ2) is 8.54. The standard InChI is InChI=1S/C20H29N3O3/c1-15-13-23(14-16(2)26-15)20(25)21-12-17-7-6-8-18(11-17)19(24)22-9-4-3-5-10-22/h6-8,11,15-16H,3-5,9-10,12-14H2,1-2H3,(H,21,25). The van der Waals surface area contributed by atoms with E-state index in [9.17, 15) is 9.59 Å². The van der Waals surface area contributed by atoms with Gasteiger partial charge < -0.3 is 19.9 Å². The highest BCUT2D eigenvalue weighted by atomic mass is 16.5. The molecule has 2 aliphatic rings. The molecule has 0 saturated carbocycles. The third-order valence-electron chi connectivity index (χ3n) is 4.97. The third-order valence-corrected chi connectivity index (χ3v) is 4.97. The number of nitrogens with zero attached hydrogens (tertiary/aromatic N) is 2. The Morgan fingerprint density at radius 3 is 2.46 bits per heavy atom. The van der Waals surface area contributed by atoms with Crippen molar-refractivity contribution in [1.82, 2.24) is 15.1 Å². The topological polar surface area (TPSA) is 61.9 Å². The number of urea groups is 1. The lowest BCUT2D eigenvalue weighted by Gasteiger charge is -2.35. The van der Waals surface area contributed by atoms with Gasteiger partial charge in [-0.2, -0.15) is 0 Å². The van der Waals surface area contributed by atoms with Gasteiger partial charge in [0.1, 0.15) is 0 Å². The average molecular weight is 359 g/mol. The van der Waals surface area contributed by atoms with E-state index in [0.29, 0.717) is 25.2 Å². The highest BCUT2D eigenvalue weighted by Crippen LogP contribution is 2.15. The minimum atomic E-state index is -0.0836. The maximum absolute atomic E-state index is 12.6. The normalized spacial score (nSPS) is 23.6. The van der Waals surface area contributed by atoms with Crippen LogP contribution < -0.4 is 5.32 Å². The van der Waals surface area contributed by atoms with E-state index in [1.807, 2.05) is 43.0 Å². The van der Waals surface area contributed by atoms with E-state index in [1.165, 1.54) is 6.42 Å². The number of morpholine rings is 1. The first-order valence-corrected chi connectivity index (χ1v) is 9.59. The summed E-state index contributed by atoms with van der Waals surface area (Å²) in [5.74, 6) is 0.0914. The highest BCUT2D eigenvalue weighted by Gasteiger charge is 2.25. The average Bonchev–Trinajstić information content (AvgIpc) is 2.65. The smallest absolute Gasteiger partial charge is 0.317 e. The van der Waals surface area contributed by atoms with Gasteiger partial charge in [0, 0.05) is 38.3 Å². The molecule has 0 aromatic heterocycles. The van der Waals surface area contributed by atoms with E-state index >= 15 is 0 Å². The van der Waals surface area contributed by atoms with Gasteiger partial charge in [0.25, 0.3) is 5.91 Å². The van der Waals surface area contributed by atoms with E-state index in [4.69, 9.17) is 4.74 Å². The summed E-state index contributed by atoms with van der Waals surface area (Å²) in [5.41, 5.74) is 1.64. The van der Waals surface area contributed by atoms with Gasteiger partial charge >= 0.3 is 6.03 Å². The van der Waals surface area contributed by atoms with Gasteiger partial charge in [0.2, 0.25) is 0 Å². The van der Waals surface area contributed by atoms with Crippen LogP contribution in [-0.2, 0) is 11.3 Å². The molecule has 2 aliphatic heterocycles. The van der Waals surface area contributed by atoms with E-state index in [0.717, 1.165) is 31.5 Å². The molecule has 1 aromatic carbocycles. The molecule has 3 amide bonds. The van der Waals surface area contributed by atoms with Crippen molar-refractivity contribution in [2.24, 2.45) is 0 Å². The zero-order chi connectivity index (χ0) is 18.5. The molecule has 0 spiro atoms. The maximum Gasteiger partial charge on any atom is 0.317 e. The van der Waals surface area contributed by atoms with E-state index in [1.54, 1.807) is 4.90 Å². The molecule has 3 rings (SSSR count). The van der Waals surface area contributed by atoms with Crippen LogP contribution in [0.25, 0.3) is 0 Å². The number of likely N-dealkylation sites (tertiary alicyclic amines) is 1. The third kappa shape index (κ3) is 4.75. The Morgan fingerprint density at radius 1 is 1.08 bits per heavy atom. The van der Waals surface area contributed by atoms with Crippen molar-refractivity contribution < 1.29 is 14.3 Å². The number of piperidine rings is 1. The first-order chi connectivity index (χ1) is 12.5. The van der Waals surface area contributed by atoms with Crippen LogP contribution in [0.15, 0.2) is 24.3 Å². The second-order valence-corrected chi connectivity index (χ2v) is 7.37. The summed E-state index contributed by atoms with van der Waals surface area (Å²) >= 11 is 0. The molecule has 2 unspecified atom stereocenters. The van der Waals surface area contributed by atoms with Crippen LogP contribution in [0.2, 0.25) is 0 Å². The van der Waals surface area contributed by atoms with Crippen molar-refractivity contribution in [3.63, 3.8) is 0 Å². The Kier molecular flexibility index (Phi) is 6.14. The summed E-state index contributed by atoms with van der Waals surface area (Å²) in [6, 6.07) is 7.49. The summed E-state index contributed by atoms with van der Waals surface area (Å²) in [6.45, 7) is 7.25. The molecule has 26 heavy (non-hydrogen) atoms. The van der Waals surface area contributed by atoms with Crippen molar-refractivity contribution in [3.8, 4) is 0 Å². The summed E-state index contributed by atoms with van der Waals surface area (Å²) in [5, 5.41) is 2.96. The maximum atomic E-state index is 12.6. The molecule has 2 atom stereocenters. The zero-order valence-corrected chi connectivity index (χ0v) is 15.7. The Balaban J connectivity index is 1.56. The van der Waals surface area contributed by atoms with Crippen molar-refractivity contribution in [2.45, 2.75) is 51.9 Å². The van der Waals surface area contributed by atoms with Crippen LogP contribution in [0.5, 0.6) is 0 Å². The number of rotatable bonds is 3. The number of carbonyl (C=O) groups is 2. The Hall–Kier alpha value is -2.08. The van der Waals surface area contributed by atoms with Crippen LogP contribution in [0, 0.1) is 0 Å². The fourth-order valence-electron chi connectivity index (χ4n) is 3.73. The van der Waals surface area contributed by atoms with Gasteiger partial charge in [-0.1, -0.05) is 12.1 Å². The van der Waals surface area contributed by atoms with E-state index in [2.05, 4.69) is 5.32 Å². The molecule has 0 bridgehead atoms. The van der Waals surface area contributed by atoms with Gasteiger partial charge in [-0.3, -0.25) is 4.79 Å². The SMILES string of the molecule is CC1CN(C(=O)NCc2cccc(C(=O)N3CCCCC3)c2)CC(C)O1. The van der Waals surface area contributed by atoms with Crippen LogP contribution in [0.3, 0.4) is 0 Å². The van der Waals surface area contributed by atoms with Crippen LogP contribution in [0.1, 0.15) is 49.0 Å². The molecule has 142 valence electrons. The van der Waals surface area contributed by atoms with Gasteiger partial charge in [-0.15, -0.1) is 0 Å². The van der Waals surface area contributed by atoms with Gasteiger partial charge in [0.15, 0.2) is 0 Å². The van der Waals surface area contributed by atoms with Crippen LogP contribution in [-0.4, -0.2) is 60.1 Å². The number of nitrogens with one attached hydrogen (secondary N) is 1. The molecule has 1 aromatic rings.